The fourth-order valence-corrected chi connectivity index (χ4v) is 3.07. The van der Waals surface area contributed by atoms with Crippen LogP contribution in [0, 0.1) is 13.8 Å². The largest absolute Gasteiger partial charge is 0.492 e. The van der Waals surface area contributed by atoms with E-state index < -0.39 is 0 Å². The van der Waals surface area contributed by atoms with Crippen molar-refractivity contribution < 1.29 is 28.2 Å². The molecule has 0 radical (unpaired) electrons. The number of rotatable bonds is 8. The molecule has 2 aromatic carbocycles. The van der Waals surface area contributed by atoms with Gasteiger partial charge in [-0.05, 0) is 49.7 Å². The summed E-state index contributed by atoms with van der Waals surface area (Å²) in [6.07, 6.45) is 0. The first-order valence-electron chi connectivity index (χ1n) is 9.68. The van der Waals surface area contributed by atoms with Crippen LogP contribution in [-0.2, 0) is 6.61 Å². The van der Waals surface area contributed by atoms with Crippen LogP contribution in [0.1, 0.15) is 27.4 Å². The molecule has 0 saturated carbocycles. The Morgan fingerprint density at radius 1 is 1.00 bits per heavy atom. The quantitative estimate of drug-likeness (QED) is 0.567. The second-order valence-electron chi connectivity index (χ2n) is 6.94. The van der Waals surface area contributed by atoms with Crippen molar-refractivity contribution in [3.8, 4) is 23.0 Å². The number of amides is 1. The smallest absolute Gasteiger partial charge is 0.287 e. The van der Waals surface area contributed by atoms with E-state index in [9.17, 15) is 4.79 Å². The number of nitrogens with one attached hydrogen (secondary N) is 1. The zero-order valence-corrected chi connectivity index (χ0v) is 16.9. The Balaban J connectivity index is 1.22. The van der Waals surface area contributed by atoms with Gasteiger partial charge < -0.3 is 28.7 Å². The molecule has 1 aliphatic rings. The van der Waals surface area contributed by atoms with Crippen molar-refractivity contribution in [3.05, 3.63) is 71.2 Å². The summed E-state index contributed by atoms with van der Waals surface area (Å²) >= 11 is 0. The maximum Gasteiger partial charge on any atom is 0.287 e. The molecule has 1 aromatic heterocycles. The van der Waals surface area contributed by atoms with E-state index in [1.165, 1.54) is 5.56 Å². The van der Waals surface area contributed by atoms with Crippen LogP contribution in [0.15, 0.2) is 52.9 Å². The van der Waals surface area contributed by atoms with Crippen molar-refractivity contribution >= 4 is 5.91 Å². The van der Waals surface area contributed by atoms with Gasteiger partial charge in [-0.15, -0.1) is 0 Å². The summed E-state index contributed by atoms with van der Waals surface area (Å²) in [6.45, 7) is 5.15. The second kappa shape index (κ2) is 8.82. The summed E-state index contributed by atoms with van der Waals surface area (Å²) < 4.78 is 27.6. The molecular formula is C23H23NO6. The minimum absolute atomic E-state index is 0.218. The Kier molecular flexibility index (Phi) is 5.79. The lowest BCUT2D eigenvalue weighted by atomic mass is 10.1. The molecule has 0 saturated heterocycles. The van der Waals surface area contributed by atoms with Crippen LogP contribution in [0.25, 0.3) is 0 Å². The van der Waals surface area contributed by atoms with Crippen LogP contribution < -0.4 is 24.3 Å². The van der Waals surface area contributed by atoms with E-state index in [1.54, 1.807) is 30.3 Å². The number of carbonyl (C=O) groups excluding carboxylic acids is 1. The Morgan fingerprint density at radius 2 is 1.87 bits per heavy atom. The maximum atomic E-state index is 12.3. The topological polar surface area (TPSA) is 79.2 Å². The number of carbonyl (C=O) groups is 1. The first-order valence-corrected chi connectivity index (χ1v) is 9.68. The monoisotopic (exact) mass is 409 g/mol. The Morgan fingerprint density at radius 3 is 2.73 bits per heavy atom. The standard InChI is InChI=1S/C23H23NO6/c1-15-3-6-19(16(2)11-15)27-13-18-5-8-21(30-18)23(25)24-9-10-26-17-4-7-20-22(12-17)29-14-28-20/h3-8,11-12H,9-10,13-14H2,1-2H3,(H,24,25). The number of fused-ring (bicyclic) bond motifs is 1. The molecule has 0 aliphatic carbocycles. The fourth-order valence-electron chi connectivity index (χ4n) is 3.07. The Hall–Kier alpha value is -3.61. The van der Waals surface area contributed by atoms with Gasteiger partial charge in [-0.2, -0.15) is 0 Å². The molecular weight excluding hydrogens is 386 g/mol. The molecule has 0 unspecified atom stereocenters. The summed E-state index contributed by atoms with van der Waals surface area (Å²) in [4.78, 5) is 12.3. The van der Waals surface area contributed by atoms with Crippen LogP contribution in [0.4, 0.5) is 0 Å². The number of aryl methyl sites for hydroxylation is 2. The lowest BCUT2D eigenvalue weighted by Gasteiger charge is -2.08. The van der Waals surface area contributed by atoms with Gasteiger partial charge in [0.15, 0.2) is 17.3 Å². The van der Waals surface area contributed by atoms with Crippen molar-refractivity contribution in [2.75, 3.05) is 19.9 Å². The first kappa shape index (κ1) is 19.7. The van der Waals surface area contributed by atoms with Crippen molar-refractivity contribution in [3.63, 3.8) is 0 Å². The highest BCUT2D eigenvalue weighted by Gasteiger charge is 2.14. The van der Waals surface area contributed by atoms with Gasteiger partial charge in [0.2, 0.25) is 6.79 Å². The first-order chi connectivity index (χ1) is 14.6. The molecule has 156 valence electrons. The van der Waals surface area contributed by atoms with Crippen LogP contribution in [0.3, 0.4) is 0 Å². The lowest BCUT2D eigenvalue weighted by Crippen LogP contribution is -2.27. The molecule has 30 heavy (non-hydrogen) atoms. The predicted octanol–water partition coefficient (Wildman–Crippen LogP) is 4.01. The molecule has 0 atom stereocenters. The van der Waals surface area contributed by atoms with Gasteiger partial charge in [0.05, 0.1) is 6.54 Å². The molecule has 4 rings (SSSR count). The summed E-state index contributed by atoms with van der Waals surface area (Å²) in [5, 5.41) is 2.77. The summed E-state index contributed by atoms with van der Waals surface area (Å²) in [6, 6.07) is 14.7. The number of hydrogen-bond donors (Lipinski definition) is 1. The van der Waals surface area contributed by atoms with Gasteiger partial charge in [-0.25, -0.2) is 0 Å². The molecule has 3 aromatic rings. The zero-order valence-electron chi connectivity index (χ0n) is 16.9. The number of ether oxygens (including phenoxy) is 4. The van der Waals surface area contributed by atoms with Crippen molar-refractivity contribution in [1.29, 1.82) is 0 Å². The summed E-state index contributed by atoms with van der Waals surface area (Å²) in [7, 11) is 0. The van der Waals surface area contributed by atoms with Gasteiger partial charge in [0.1, 0.15) is 30.5 Å². The maximum absolute atomic E-state index is 12.3. The predicted molar refractivity (Wildman–Crippen MR) is 109 cm³/mol. The molecule has 1 N–H and O–H groups in total. The fraction of sp³-hybridized carbons (Fsp3) is 0.261. The highest BCUT2D eigenvalue weighted by atomic mass is 16.7. The van der Waals surface area contributed by atoms with E-state index in [-0.39, 0.29) is 25.1 Å². The van der Waals surface area contributed by atoms with Crippen LogP contribution in [-0.4, -0.2) is 25.9 Å². The van der Waals surface area contributed by atoms with Gasteiger partial charge in [0.25, 0.3) is 5.91 Å². The minimum Gasteiger partial charge on any atom is -0.492 e. The molecule has 7 heteroatoms. The SMILES string of the molecule is Cc1ccc(OCc2ccc(C(=O)NCCOc3ccc4c(c3)OCO4)o2)c(C)c1. The number of hydrogen-bond acceptors (Lipinski definition) is 6. The molecule has 7 nitrogen and oxygen atoms in total. The third kappa shape index (κ3) is 4.68. The Labute approximate surface area is 174 Å². The molecule has 0 fully saturated rings. The van der Waals surface area contributed by atoms with Crippen LogP contribution in [0.2, 0.25) is 0 Å². The minimum atomic E-state index is -0.304. The Bertz CT molecular complexity index is 1040. The highest BCUT2D eigenvalue weighted by molar-refractivity contribution is 5.91. The van der Waals surface area contributed by atoms with Gasteiger partial charge in [-0.3, -0.25) is 4.79 Å². The zero-order chi connectivity index (χ0) is 20.9. The summed E-state index contributed by atoms with van der Waals surface area (Å²) in [5.74, 6) is 3.31. The molecule has 1 amide bonds. The average Bonchev–Trinajstić information content (AvgIpc) is 3.39. The van der Waals surface area contributed by atoms with E-state index in [0.717, 1.165) is 11.3 Å². The molecule has 2 heterocycles. The van der Waals surface area contributed by atoms with Crippen LogP contribution >= 0.6 is 0 Å². The lowest BCUT2D eigenvalue weighted by molar-refractivity contribution is 0.0915. The van der Waals surface area contributed by atoms with Crippen molar-refractivity contribution in [2.45, 2.75) is 20.5 Å². The van der Waals surface area contributed by atoms with Gasteiger partial charge in [0, 0.05) is 6.07 Å². The van der Waals surface area contributed by atoms with Crippen molar-refractivity contribution in [2.24, 2.45) is 0 Å². The molecule has 0 bridgehead atoms. The van der Waals surface area contributed by atoms with E-state index >= 15 is 0 Å². The molecule has 1 aliphatic heterocycles. The van der Waals surface area contributed by atoms with E-state index in [0.29, 0.717) is 36.2 Å². The third-order valence-corrected chi connectivity index (χ3v) is 4.59. The highest BCUT2D eigenvalue weighted by Crippen LogP contribution is 2.35. The van der Waals surface area contributed by atoms with E-state index in [4.69, 9.17) is 23.4 Å². The third-order valence-electron chi connectivity index (χ3n) is 4.59. The second-order valence-corrected chi connectivity index (χ2v) is 6.94. The molecule has 0 spiro atoms. The number of furan rings is 1. The van der Waals surface area contributed by atoms with Gasteiger partial charge >= 0.3 is 0 Å². The normalized spacial score (nSPS) is 11.9. The van der Waals surface area contributed by atoms with Gasteiger partial charge in [-0.1, -0.05) is 17.7 Å². The van der Waals surface area contributed by atoms with E-state index in [2.05, 4.69) is 11.4 Å². The average molecular weight is 409 g/mol. The summed E-state index contributed by atoms with van der Waals surface area (Å²) in [5.41, 5.74) is 2.24. The van der Waals surface area contributed by atoms with Crippen molar-refractivity contribution in [1.82, 2.24) is 5.32 Å². The van der Waals surface area contributed by atoms with E-state index in [1.807, 2.05) is 26.0 Å². The van der Waals surface area contributed by atoms with Crippen LogP contribution in [0.5, 0.6) is 23.0 Å². The number of benzene rings is 2.